The minimum absolute atomic E-state index is 0.236. The van der Waals surface area contributed by atoms with Crippen molar-refractivity contribution in [3.63, 3.8) is 0 Å². The second-order valence-corrected chi connectivity index (χ2v) is 2.93. The number of anilines is 1. The van der Waals surface area contributed by atoms with Crippen LogP contribution >= 0.6 is 0 Å². The van der Waals surface area contributed by atoms with Crippen molar-refractivity contribution in [2.24, 2.45) is 0 Å². The van der Waals surface area contributed by atoms with Gasteiger partial charge in [0, 0.05) is 11.3 Å². The number of rotatable bonds is 2. The summed E-state index contributed by atoms with van der Waals surface area (Å²) in [6.07, 6.45) is -0.709. The number of nitrogens with two attached hydrogens (primary N) is 1. The molecule has 0 fully saturated rings. The Morgan fingerprint density at radius 3 is 2.75 bits per heavy atom. The standard InChI is InChI=1S/C10H13N3O3/c1-2-16-10(15)13-12-9(14)7-4-3-5-8(11)6-7/h3-6H,2,11H2,1H3,(H,12,14)(H,13,15). The van der Waals surface area contributed by atoms with Crippen LogP contribution in [-0.4, -0.2) is 18.6 Å². The van der Waals surface area contributed by atoms with Crippen molar-refractivity contribution < 1.29 is 14.3 Å². The average molecular weight is 223 g/mol. The van der Waals surface area contributed by atoms with E-state index in [0.29, 0.717) is 11.3 Å². The summed E-state index contributed by atoms with van der Waals surface area (Å²) >= 11 is 0. The Morgan fingerprint density at radius 1 is 1.38 bits per heavy atom. The molecule has 1 aromatic carbocycles. The third-order valence-electron chi connectivity index (χ3n) is 1.70. The smallest absolute Gasteiger partial charge is 0.426 e. The van der Waals surface area contributed by atoms with Gasteiger partial charge in [-0.15, -0.1) is 0 Å². The van der Waals surface area contributed by atoms with Crippen molar-refractivity contribution in [1.82, 2.24) is 10.9 Å². The van der Waals surface area contributed by atoms with Crippen molar-refractivity contribution in [3.05, 3.63) is 29.8 Å². The average Bonchev–Trinajstić information content (AvgIpc) is 2.26. The van der Waals surface area contributed by atoms with Gasteiger partial charge in [-0.05, 0) is 25.1 Å². The summed E-state index contributed by atoms with van der Waals surface area (Å²) < 4.78 is 4.56. The normalized spacial score (nSPS) is 9.31. The number of amides is 2. The third-order valence-corrected chi connectivity index (χ3v) is 1.70. The fourth-order valence-corrected chi connectivity index (χ4v) is 1.03. The molecule has 0 aliphatic heterocycles. The van der Waals surface area contributed by atoms with Gasteiger partial charge in [0.15, 0.2) is 0 Å². The molecule has 0 aliphatic carbocycles. The van der Waals surface area contributed by atoms with Crippen LogP contribution in [0.25, 0.3) is 0 Å². The van der Waals surface area contributed by atoms with Crippen LogP contribution in [-0.2, 0) is 4.74 Å². The molecule has 0 spiro atoms. The van der Waals surface area contributed by atoms with Crippen LogP contribution in [0.4, 0.5) is 10.5 Å². The Kier molecular flexibility index (Phi) is 4.14. The van der Waals surface area contributed by atoms with Gasteiger partial charge in [0.25, 0.3) is 5.91 Å². The van der Waals surface area contributed by atoms with Crippen molar-refractivity contribution >= 4 is 17.7 Å². The summed E-state index contributed by atoms with van der Waals surface area (Å²) in [5, 5.41) is 0. The van der Waals surface area contributed by atoms with E-state index in [-0.39, 0.29) is 6.61 Å². The lowest BCUT2D eigenvalue weighted by Gasteiger charge is -2.07. The molecule has 1 rings (SSSR count). The van der Waals surface area contributed by atoms with Crippen molar-refractivity contribution in [2.75, 3.05) is 12.3 Å². The second kappa shape index (κ2) is 5.59. The van der Waals surface area contributed by atoms with Gasteiger partial charge >= 0.3 is 6.09 Å². The van der Waals surface area contributed by atoms with Crippen molar-refractivity contribution in [1.29, 1.82) is 0 Å². The maximum atomic E-state index is 11.5. The Hall–Kier alpha value is -2.24. The molecule has 6 heteroatoms. The van der Waals surface area contributed by atoms with Gasteiger partial charge < -0.3 is 10.5 Å². The van der Waals surface area contributed by atoms with Gasteiger partial charge in [-0.3, -0.25) is 10.2 Å². The molecule has 6 nitrogen and oxygen atoms in total. The Morgan fingerprint density at radius 2 is 2.12 bits per heavy atom. The van der Waals surface area contributed by atoms with Gasteiger partial charge in [0.1, 0.15) is 0 Å². The van der Waals surface area contributed by atoms with Crippen LogP contribution in [0.15, 0.2) is 24.3 Å². The summed E-state index contributed by atoms with van der Waals surface area (Å²) in [4.78, 5) is 22.3. The largest absolute Gasteiger partial charge is 0.449 e. The summed E-state index contributed by atoms with van der Waals surface area (Å²) in [6.45, 7) is 1.90. The van der Waals surface area contributed by atoms with Crippen LogP contribution in [0.3, 0.4) is 0 Å². The lowest BCUT2D eigenvalue weighted by Crippen LogP contribution is -2.41. The molecule has 0 saturated heterocycles. The van der Waals surface area contributed by atoms with Gasteiger partial charge in [-0.2, -0.15) is 0 Å². The molecule has 16 heavy (non-hydrogen) atoms. The minimum Gasteiger partial charge on any atom is -0.449 e. The molecule has 0 bridgehead atoms. The van der Waals surface area contributed by atoms with Crippen LogP contribution in [0.5, 0.6) is 0 Å². The molecule has 0 aliphatic rings. The first-order valence-corrected chi connectivity index (χ1v) is 4.72. The fraction of sp³-hybridized carbons (Fsp3) is 0.200. The van der Waals surface area contributed by atoms with E-state index < -0.39 is 12.0 Å². The van der Waals surface area contributed by atoms with Crippen molar-refractivity contribution in [2.45, 2.75) is 6.92 Å². The SMILES string of the molecule is CCOC(=O)NNC(=O)c1cccc(N)c1. The van der Waals surface area contributed by atoms with Crippen LogP contribution < -0.4 is 16.6 Å². The lowest BCUT2D eigenvalue weighted by molar-refractivity contribution is 0.0912. The number of nitrogen functional groups attached to an aromatic ring is 1. The van der Waals surface area contributed by atoms with Crippen LogP contribution in [0.2, 0.25) is 0 Å². The Labute approximate surface area is 92.7 Å². The fourth-order valence-electron chi connectivity index (χ4n) is 1.03. The molecule has 4 N–H and O–H groups in total. The van der Waals surface area contributed by atoms with E-state index in [1.807, 2.05) is 0 Å². The summed E-state index contributed by atoms with van der Waals surface area (Å²) in [5.41, 5.74) is 10.6. The predicted octanol–water partition coefficient (Wildman–Crippen LogP) is 0.660. The number of hydrogen-bond acceptors (Lipinski definition) is 4. The first-order valence-electron chi connectivity index (χ1n) is 4.72. The number of ether oxygens (including phenoxy) is 1. The molecular weight excluding hydrogens is 210 g/mol. The molecule has 0 aromatic heterocycles. The molecule has 86 valence electrons. The molecule has 1 aromatic rings. The zero-order valence-corrected chi connectivity index (χ0v) is 8.82. The highest BCUT2D eigenvalue weighted by atomic mass is 16.5. The third kappa shape index (κ3) is 3.49. The van der Waals surface area contributed by atoms with E-state index in [2.05, 4.69) is 15.6 Å². The number of carbonyl (C=O) groups is 2. The molecule has 0 saturated carbocycles. The van der Waals surface area contributed by atoms with Crippen molar-refractivity contribution in [3.8, 4) is 0 Å². The highest BCUT2D eigenvalue weighted by molar-refractivity contribution is 5.95. The number of carbonyl (C=O) groups excluding carboxylic acids is 2. The summed E-state index contributed by atoms with van der Waals surface area (Å²) in [7, 11) is 0. The maximum absolute atomic E-state index is 11.5. The van der Waals surface area contributed by atoms with Gasteiger partial charge in [-0.25, -0.2) is 10.2 Å². The number of benzene rings is 1. The van der Waals surface area contributed by atoms with E-state index in [9.17, 15) is 9.59 Å². The van der Waals surface area contributed by atoms with E-state index >= 15 is 0 Å². The Bertz CT molecular complexity index is 393. The molecule has 0 radical (unpaired) electrons. The van der Waals surface area contributed by atoms with Gasteiger partial charge in [0.2, 0.25) is 0 Å². The number of hydrogen-bond donors (Lipinski definition) is 3. The number of hydrazine groups is 1. The molecule has 0 unspecified atom stereocenters. The van der Waals surface area contributed by atoms with E-state index in [1.54, 1.807) is 25.1 Å². The zero-order chi connectivity index (χ0) is 12.0. The molecule has 2 amide bonds. The van der Waals surface area contributed by atoms with Gasteiger partial charge in [-0.1, -0.05) is 6.07 Å². The number of nitrogens with one attached hydrogen (secondary N) is 2. The zero-order valence-electron chi connectivity index (χ0n) is 8.82. The lowest BCUT2D eigenvalue weighted by atomic mass is 10.2. The van der Waals surface area contributed by atoms with E-state index in [4.69, 9.17) is 5.73 Å². The first-order chi connectivity index (χ1) is 7.63. The quantitative estimate of drug-likeness (QED) is 0.507. The highest BCUT2D eigenvalue weighted by Gasteiger charge is 2.07. The Balaban J connectivity index is 2.50. The van der Waals surface area contributed by atoms with Crippen LogP contribution in [0.1, 0.15) is 17.3 Å². The summed E-state index contributed by atoms with van der Waals surface area (Å²) in [6, 6.07) is 6.39. The topological polar surface area (TPSA) is 93.5 Å². The van der Waals surface area contributed by atoms with E-state index in [0.717, 1.165) is 0 Å². The van der Waals surface area contributed by atoms with E-state index in [1.165, 1.54) is 6.07 Å². The predicted molar refractivity (Wildman–Crippen MR) is 58.5 cm³/mol. The molecular formula is C10H13N3O3. The monoisotopic (exact) mass is 223 g/mol. The second-order valence-electron chi connectivity index (χ2n) is 2.93. The highest BCUT2D eigenvalue weighted by Crippen LogP contribution is 2.05. The first kappa shape index (κ1) is 11.8. The minimum atomic E-state index is -0.709. The molecule has 0 atom stereocenters. The maximum Gasteiger partial charge on any atom is 0.426 e. The summed E-state index contributed by atoms with van der Waals surface area (Å²) in [5.74, 6) is -0.458. The molecule has 0 heterocycles. The van der Waals surface area contributed by atoms with Gasteiger partial charge in [0.05, 0.1) is 6.61 Å². The van der Waals surface area contributed by atoms with Crippen LogP contribution in [0, 0.1) is 0 Å².